The summed E-state index contributed by atoms with van der Waals surface area (Å²) in [5.41, 5.74) is 4.68. The summed E-state index contributed by atoms with van der Waals surface area (Å²) < 4.78 is 0. The van der Waals surface area contributed by atoms with Gasteiger partial charge in [-0.1, -0.05) is 24.3 Å². The quantitative estimate of drug-likeness (QED) is 0.742. The van der Waals surface area contributed by atoms with E-state index in [-0.39, 0.29) is 11.8 Å². The number of benzene rings is 2. The van der Waals surface area contributed by atoms with Gasteiger partial charge in [0.15, 0.2) is 0 Å². The molecule has 0 aliphatic carbocycles. The predicted molar refractivity (Wildman–Crippen MR) is 114 cm³/mol. The Morgan fingerprint density at radius 1 is 1.00 bits per heavy atom. The van der Waals surface area contributed by atoms with Crippen LogP contribution in [0.25, 0.3) is 10.9 Å². The molecule has 0 spiro atoms. The highest BCUT2D eigenvalue weighted by molar-refractivity contribution is 6.03. The number of amides is 1. The minimum Gasteiger partial charge on any atom is -0.378 e. The molecule has 1 amide bonds. The van der Waals surface area contributed by atoms with E-state index in [9.17, 15) is 4.79 Å². The first-order valence-corrected chi connectivity index (χ1v) is 9.01. The molecular formula is C22H26N4O. The summed E-state index contributed by atoms with van der Waals surface area (Å²) in [5.74, 6) is -0.341. The van der Waals surface area contributed by atoms with Crippen LogP contribution in [0, 0.1) is 0 Å². The Balaban J connectivity index is 1.91. The van der Waals surface area contributed by atoms with Gasteiger partial charge in [0.1, 0.15) is 0 Å². The van der Waals surface area contributed by atoms with E-state index in [1.165, 1.54) is 0 Å². The molecule has 0 radical (unpaired) electrons. The maximum absolute atomic E-state index is 13.0. The summed E-state index contributed by atoms with van der Waals surface area (Å²) in [6, 6.07) is 15.9. The number of nitrogens with one attached hydrogen (secondary N) is 1. The van der Waals surface area contributed by atoms with Crippen LogP contribution in [-0.4, -0.2) is 39.1 Å². The fourth-order valence-corrected chi connectivity index (χ4v) is 3.15. The summed E-state index contributed by atoms with van der Waals surface area (Å²) in [5, 5.41) is 4.06. The maximum Gasteiger partial charge on any atom is 0.231 e. The zero-order valence-electron chi connectivity index (χ0n) is 16.5. The van der Waals surface area contributed by atoms with Gasteiger partial charge in [-0.2, -0.15) is 0 Å². The molecular weight excluding hydrogens is 336 g/mol. The van der Waals surface area contributed by atoms with E-state index >= 15 is 0 Å². The molecule has 5 heteroatoms. The molecule has 2 aromatic carbocycles. The highest BCUT2D eigenvalue weighted by atomic mass is 16.1. The van der Waals surface area contributed by atoms with Crippen molar-refractivity contribution in [3.8, 4) is 0 Å². The standard InChI is InChI=1S/C22H26N4O/c1-15(18-12-11-17(25(2)3)14-20(18)26(4)5)22(27)24-19-10-6-8-16-9-7-13-23-21(16)19/h6-15H,1-5H3,(H,24,27). The number of fused-ring (bicyclic) bond motifs is 1. The minimum atomic E-state index is -0.294. The highest BCUT2D eigenvalue weighted by Gasteiger charge is 2.21. The molecule has 3 aromatic rings. The Kier molecular flexibility index (Phi) is 5.31. The molecule has 0 aliphatic rings. The highest BCUT2D eigenvalue weighted by Crippen LogP contribution is 2.32. The molecule has 140 valence electrons. The van der Waals surface area contributed by atoms with Crippen molar-refractivity contribution in [2.45, 2.75) is 12.8 Å². The summed E-state index contributed by atoms with van der Waals surface area (Å²) in [6.45, 7) is 1.94. The van der Waals surface area contributed by atoms with E-state index < -0.39 is 0 Å². The molecule has 27 heavy (non-hydrogen) atoms. The van der Waals surface area contributed by atoms with Gasteiger partial charge in [-0.05, 0) is 36.8 Å². The number of rotatable bonds is 5. The first kappa shape index (κ1) is 18.7. The molecule has 1 unspecified atom stereocenters. The number of anilines is 3. The van der Waals surface area contributed by atoms with Gasteiger partial charge >= 0.3 is 0 Å². The van der Waals surface area contributed by atoms with Gasteiger partial charge in [0, 0.05) is 51.1 Å². The lowest BCUT2D eigenvalue weighted by Gasteiger charge is -2.24. The Morgan fingerprint density at radius 2 is 1.74 bits per heavy atom. The van der Waals surface area contributed by atoms with Gasteiger partial charge in [-0.15, -0.1) is 0 Å². The van der Waals surface area contributed by atoms with Gasteiger partial charge in [0.2, 0.25) is 5.91 Å². The number of aromatic nitrogens is 1. The van der Waals surface area contributed by atoms with Gasteiger partial charge in [-0.3, -0.25) is 9.78 Å². The Morgan fingerprint density at radius 3 is 2.44 bits per heavy atom. The molecule has 0 saturated carbocycles. The Labute approximate surface area is 160 Å². The molecule has 1 aromatic heterocycles. The van der Waals surface area contributed by atoms with E-state index in [0.29, 0.717) is 0 Å². The second-order valence-electron chi connectivity index (χ2n) is 7.12. The van der Waals surface area contributed by atoms with E-state index in [4.69, 9.17) is 0 Å². The molecule has 0 aliphatic heterocycles. The average molecular weight is 362 g/mol. The monoisotopic (exact) mass is 362 g/mol. The van der Waals surface area contributed by atoms with E-state index in [1.807, 2.05) is 82.5 Å². The molecule has 0 bridgehead atoms. The second-order valence-corrected chi connectivity index (χ2v) is 7.12. The lowest BCUT2D eigenvalue weighted by Crippen LogP contribution is -2.22. The van der Waals surface area contributed by atoms with E-state index in [0.717, 1.165) is 33.5 Å². The van der Waals surface area contributed by atoms with Gasteiger partial charge in [-0.25, -0.2) is 0 Å². The number of para-hydroxylation sites is 1. The third kappa shape index (κ3) is 3.87. The lowest BCUT2D eigenvalue weighted by molar-refractivity contribution is -0.117. The molecule has 3 rings (SSSR count). The first-order valence-electron chi connectivity index (χ1n) is 9.01. The summed E-state index contributed by atoms with van der Waals surface area (Å²) in [6.07, 6.45) is 1.74. The average Bonchev–Trinajstić information content (AvgIpc) is 2.67. The minimum absolute atomic E-state index is 0.0474. The van der Waals surface area contributed by atoms with Crippen molar-refractivity contribution in [2.75, 3.05) is 43.3 Å². The number of pyridine rings is 1. The Bertz CT molecular complexity index is 960. The van der Waals surface area contributed by atoms with Crippen LogP contribution in [0.4, 0.5) is 17.1 Å². The predicted octanol–water partition coefficient (Wildman–Crippen LogP) is 4.11. The van der Waals surface area contributed by atoms with Crippen LogP contribution in [0.5, 0.6) is 0 Å². The SMILES string of the molecule is CC(C(=O)Nc1cccc2cccnc12)c1ccc(N(C)C)cc1N(C)C. The van der Waals surface area contributed by atoms with Crippen molar-refractivity contribution in [3.05, 3.63) is 60.3 Å². The van der Waals surface area contributed by atoms with Gasteiger partial charge in [0.25, 0.3) is 0 Å². The lowest BCUT2D eigenvalue weighted by atomic mass is 9.97. The number of nitrogens with zero attached hydrogens (tertiary/aromatic N) is 3. The molecule has 1 atom stereocenters. The largest absolute Gasteiger partial charge is 0.378 e. The fraction of sp³-hybridized carbons (Fsp3) is 0.273. The fourth-order valence-electron chi connectivity index (χ4n) is 3.15. The normalized spacial score (nSPS) is 11.9. The number of hydrogen-bond acceptors (Lipinski definition) is 4. The third-order valence-corrected chi connectivity index (χ3v) is 4.76. The third-order valence-electron chi connectivity index (χ3n) is 4.76. The summed E-state index contributed by atoms with van der Waals surface area (Å²) in [7, 11) is 8.02. The smallest absolute Gasteiger partial charge is 0.231 e. The van der Waals surface area contributed by atoms with Crippen LogP contribution in [0.15, 0.2) is 54.7 Å². The number of hydrogen-bond donors (Lipinski definition) is 1. The van der Waals surface area contributed by atoms with Crippen molar-refractivity contribution >= 4 is 33.9 Å². The van der Waals surface area contributed by atoms with E-state index in [1.54, 1.807) is 6.20 Å². The molecule has 1 N–H and O–H groups in total. The van der Waals surface area contributed by atoms with Gasteiger partial charge in [0.05, 0.1) is 17.1 Å². The van der Waals surface area contributed by atoms with Crippen molar-refractivity contribution in [1.29, 1.82) is 0 Å². The van der Waals surface area contributed by atoms with Crippen molar-refractivity contribution in [3.63, 3.8) is 0 Å². The number of carbonyl (C=O) groups is 1. The van der Waals surface area contributed by atoms with Crippen LogP contribution < -0.4 is 15.1 Å². The van der Waals surface area contributed by atoms with Crippen molar-refractivity contribution < 1.29 is 4.79 Å². The van der Waals surface area contributed by atoms with Crippen LogP contribution in [0.2, 0.25) is 0 Å². The molecule has 0 saturated heterocycles. The van der Waals surface area contributed by atoms with Crippen LogP contribution in [0.3, 0.4) is 0 Å². The zero-order chi connectivity index (χ0) is 19.6. The molecule has 5 nitrogen and oxygen atoms in total. The summed E-state index contributed by atoms with van der Waals surface area (Å²) >= 11 is 0. The Hall–Kier alpha value is -3.08. The number of carbonyl (C=O) groups excluding carboxylic acids is 1. The van der Waals surface area contributed by atoms with Crippen LogP contribution in [0.1, 0.15) is 18.4 Å². The van der Waals surface area contributed by atoms with Crippen molar-refractivity contribution in [2.24, 2.45) is 0 Å². The summed E-state index contributed by atoms with van der Waals surface area (Å²) in [4.78, 5) is 21.5. The second kappa shape index (κ2) is 7.66. The maximum atomic E-state index is 13.0. The zero-order valence-corrected chi connectivity index (χ0v) is 16.5. The van der Waals surface area contributed by atoms with Gasteiger partial charge < -0.3 is 15.1 Å². The topological polar surface area (TPSA) is 48.5 Å². The van der Waals surface area contributed by atoms with Crippen LogP contribution >= 0.6 is 0 Å². The van der Waals surface area contributed by atoms with Crippen molar-refractivity contribution in [1.82, 2.24) is 4.98 Å². The first-order chi connectivity index (χ1) is 12.9. The molecule has 0 fully saturated rings. The van der Waals surface area contributed by atoms with E-state index in [2.05, 4.69) is 21.3 Å². The van der Waals surface area contributed by atoms with Crippen LogP contribution in [-0.2, 0) is 4.79 Å². The molecule has 1 heterocycles.